The topological polar surface area (TPSA) is 34.1 Å². The van der Waals surface area contributed by atoms with E-state index in [0.29, 0.717) is 25.2 Å². The average Bonchev–Trinajstić information content (AvgIpc) is 2.62. The molecule has 150 valence electrons. The number of Topliss-reactive ketones (excluding diaryl/α,β-unsaturated/α-hetero) is 2. The number of carbonyl (C=O) groups excluding carboxylic acids is 2. The first-order chi connectivity index (χ1) is 13.5. The molecule has 0 spiro atoms. The van der Waals surface area contributed by atoms with Gasteiger partial charge in [-0.25, -0.2) is 0 Å². The van der Waals surface area contributed by atoms with Gasteiger partial charge in [0.15, 0.2) is 5.78 Å². The largest absolute Gasteiger partial charge is 0.299 e. The Morgan fingerprint density at radius 1 is 1.21 bits per heavy atom. The summed E-state index contributed by atoms with van der Waals surface area (Å²) in [7, 11) is 0. The fraction of sp³-hybridized carbons (Fsp3) is 0.462. The van der Waals surface area contributed by atoms with Crippen LogP contribution in [0.1, 0.15) is 72.1 Å². The van der Waals surface area contributed by atoms with E-state index in [4.69, 9.17) is 0 Å². The average molecular weight is 379 g/mol. The predicted octanol–water partition coefficient (Wildman–Crippen LogP) is 6.77. The van der Waals surface area contributed by atoms with Crippen molar-refractivity contribution in [3.05, 3.63) is 70.9 Å². The summed E-state index contributed by atoms with van der Waals surface area (Å²) in [6, 6.07) is 0. The molecule has 2 aliphatic rings. The van der Waals surface area contributed by atoms with Crippen LogP contribution in [0.25, 0.3) is 0 Å². The molecule has 2 heteroatoms. The highest BCUT2D eigenvalue weighted by Crippen LogP contribution is 2.35. The lowest BCUT2D eigenvalue weighted by atomic mass is 9.78. The Bertz CT molecular complexity index is 764. The molecule has 0 N–H and O–H groups in total. The third kappa shape index (κ3) is 6.15. The van der Waals surface area contributed by atoms with Crippen LogP contribution in [0.3, 0.4) is 0 Å². The second-order valence-corrected chi connectivity index (χ2v) is 7.97. The molecular weight excluding hydrogens is 344 g/mol. The van der Waals surface area contributed by atoms with E-state index in [0.717, 1.165) is 40.7 Å². The minimum Gasteiger partial charge on any atom is -0.299 e. The molecule has 0 unspecified atom stereocenters. The Hall–Kier alpha value is -2.22. The van der Waals surface area contributed by atoms with Crippen molar-refractivity contribution in [2.24, 2.45) is 5.92 Å². The first kappa shape index (κ1) is 22.1. The highest BCUT2D eigenvalue weighted by Gasteiger charge is 2.26. The van der Waals surface area contributed by atoms with E-state index in [9.17, 15) is 9.59 Å². The van der Waals surface area contributed by atoms with E-state index < -0.39 is 0 Å². The summed E-state index contributed by atoms with van der Waals surface area (Å²) >= 11 is 0. The van der Waals surface area contributed by atoms with Crippen molar-refractivity contribution in [3.63, 3.8) is 0 Å². The third-order valence-corrected chi connectivity index (χ3v) is 5.64. The molecule has 0 aromatic rings. The van der Waals surface area contributed by atoms with Crippen LogP contribution >= 0.6 is 0 Å². The lowest BCUT2D eigenvalue weighted by molar-refractivity contribution is -0.118. The van der Waals surface area contributed by atoms with Crippen molar-refractivity contribution < 1.29 is 9.59 Å². The van der Waals surface area contributed by atoms with Crippen molar-refractivity contribution in [3.8, 4) is 0 Å². The van der Waals surface area contributed by atoms with Crippen molar-refractivity contribution >= 4 is 11.6 Å². The summed E-state index contributed by atoms with van der Waals surface area (Å²) in [6.07, 6.45) is 18.7. The normalized spacial score (nSPS) is 18.5. The van der Waals surface area contributed by atoms with Gasteiger partial charge in [0.2, 0.25) is 0 Å². The summed E-state index contributed by atoms with van der Waals surface area (Å²) in [5.41, 5.74) is 4.82. The highest BCUT2D eigenvalue weighted by molar-refractivity contribution is 5.98. The van der Waals surface area contributed by atoms with E-state index in [2.05, 4.69) is 12.7 Å². The molecule has 0 aromatic heterocycles. The molecule has 0 radical (unpaired) electrons. The van der Waals surface area contributed by atoms with Gasteiger partial charge >= 0.3 is 0 Å². The molecule has 0 bridgehead atoms. The zero-order chi connectivity index (χ0) is 20.5. The maximum Gasteiger partial charge on any atom is 0.159 e. The maximum absolute atomic E-state index is 12.9. The summed E-state index contributed by atoms with van der Waals surface area (Å²) in [6.45, 7) is 9.85. The van der Waals surface area contributed by atoms with Gasteiger partial charge < -0.3 is 0 Å². The molecule has 1 fully saturated rings. The van der Waals surface area contributed by atoms with Crippen LogP contribution in [0, 0.1) is 5.92 Å². The van der Waals surface area contributed by atoms with Crippen molar-refractivity contribution in [2.75, 3.05) is 0 Å². The van der Waals surface area contributed by atoms with E-state index in [-0.39, 0.29) is 11.6 Å². The molecule has 2 nitrogen and oxygen atoms in total. The first-order valence-corrected chi connectivity index (χ1v) is 10.5. The number of ketones is 2. The Labute approximate surface area is 170 Å². The molecule has 2 aliphatic carbocycles. The molecule has 0 atom stereocenters. The van der Waals surface area contributed by atoms with E-state index >= 15 is 0 Å². The quantitative estimate of drug-likeness (QED) is 0.393. The summed E-state index contributed by atoms with van der Waals surface area (Å²) < 4.78 is 0. The van der Waals surface area contributed by atoms with E-state index in [1.165, 1.54) is 19.3 Å². The van der Waals surface area contributed by atoms with Crippen molar-refractivity contribution in [1.29, 1.82) is 0 Å². The lowest BCUT2D eigenvalue weighted by Gasteiger charge is -2.26. The number of carbonyl (C=O) groups is 2. The van der Waals surface area contributed by atoms with Gasteiger partial charge in [0, 0.05) is 24.8 Å². The molecular formula is C26H34O2. The van der Waals surface area contributed by atoms with Crippen LogP contribution in [0.15, 0.2) is 70.9 Å². The minimum atomic E-state index is 0.166. The maximum atomic E-state index is 12.9. The van der Waals surface area contributed by atoms with Crippen molar-refractivity contribution in [2.45, 2.75) is 72.1 Å². The van der Waals surface area contributed by atoms with Gasteiger partial charge in [-0.1, -0.05) is 67.9 Å². The fourth-order valence-electron chi connectivity index (χ4n) is 3.79. The van der Waals surface area contributed by atoms with Gasteiger partial charge in [-0.2, -0.15) is 0 Å². The predicted molar refractivity (Wildman–Crippen MR) is 118 cm³/mol. The summed E-state index contributed by atoms with van der Waals surface area (Å²) in [4.78, 5) is 25.6. The minimum absolute atomic E-state index is 0.166. The van der Waals surface area contributed by atoms with E-state index in [1.807, 2.05) is 51.2 Å². The number of allylic oxidation sites excluding steroid dienone is 11. The molecule has 28 heavy (non-hydrogen) atoms. The Morgan fingerprint density at radius 3 is 2.54 bits per heavy atom. The van der Waals surface area contributed by atoms with Gasteiger partial charge in [-0.05, 0) is 56.3 Å². The molecule has 2 rings (SSSR count). The van der Waals surface area contributed by atoms with Crippen LogP contribution in [0.4, 0.5) is 0 Å². The third-order valence-electron chi connectivity index (χ3n) is 5.64. The van der Waals surface area contributed by atoms with Gasteiger partial charge in [0.05, 0.1) is 0 Å². The monoisotopic (exact) mass is 378 g/mol. The van der Waals surface area contributed by atoms with Crippen molar-refractivity contribution in [1.82, 2.24) is 0 Å². The molecule has 0 amide bonds. The lowest BCUT2D eigenvalue weighted by Crippen LogP contribution is -2.19. The van der Waals surface area contributed by atoms with E-state index in [1.54, 1.807) is 0 Å². The first-order valence-electron chi connectivity index (χ1n) is 10.5. The van der Waals surface area contributed by atoms with Crippen LogP contribution in [0.2, 0.25) is 0 Å². The van der Waals surface area contributed by atoms with Crippen LogP contribution in [-0.4, -0.2) is 11.6 Å². The molecule has 0 aliphatic heterocycles. The van der Waals surface area contributed by atoms with Crippen LogP contribution in [-0.2, 0) is 9.59 Å². The number of rotatable bonds is 10. The van der Waals surface area contributed by atoms with Crippen LogP contribution in [0.5, 0.6) is 0 Å². The second kappa shape index (κ2) is 10.9. The standard InChI is InChI=1S/C26H34O2/c1-5-7-13-21(19(3)4)17-23(27)18-22-14-9-15-25(24(22)10-6-2)26(28)16-20-11-8-12-20/h5-7,10,13-14,20H,3,8-9,11-12,15-18H2,1-2,4H3/b7-5-,10-6-,21-13-. The van der Waals surface area contributed by atoms with Gasteiger partial charge in [-0.15, -0.1) is 0 Å². The number of hydrogen-bond donors (Lipinski definition) is 0. The zero-order valence-electron chi connectivity index (χ0n) is 17.7. The second-order valence-electron chi connectivity index (χ2n) is 7.97. The zero-order valence-corrected chi connectivity index (χ0v) is 17.7. The fourth-order valence-corrected chi connectivity index (χ4v) is 3.79. The number of hydrogen-bond acceptors (Lipinski definition) is 2. The summed E-state index contributed by atoms with van der Waals surface area (Å²) in [5.74, 6) is 1.02. The Balaban J connectivity index is 2.15. The Kier molecular flexibility index (Phi) is 8.63. The SMILES string of the molecule is C=C(C)/C(=C\C=C/C)CC(=O)CC1=CCCC(C(=O)CC2CCC2)=C1/C=C\C. The van der Waals surface area contributed by atoms with Gasteiger partial charge in [0.1, 0.15) is 5.78 Å². The Morgan fingerprint density at radius 2 is 1.96 bits per heavy atom. The molecule has 0 saturated heterocycles. The van der Waals surface area contributed by atoms with Crippen LogP contribution < -0.4 is 0 Å². The smallest absolute Gasteiger partial charge is 0.159 e. The highest BCUT2D eigenvalue weighted by atomic mass is 16.1. The molecule has 0 heterocycles. The van der Waals surface area contributed by atoms with Gasteiger partial charge in [-0.3, -0.25) is 9.59 Å². The van der Waals surface area contributed by atoms with Gasteiger partial charge in [0.25, 0.3) is 0 Å². The molecule has 1 saturated carbocycles. The molecule has 0 aromatic carbocycles. The summed E-state index contributed by atoms with van der Waals surface area (Å²) in [5, 5.41) is 0.